The molecule has 89 valence electrons. The average molecular weight is 260 g/mol. The van der Waals surface area contributed by atoms with Gasteiger partial charge in [-0.3, -0.25) is 4.98 Å². The van der Waals surface area contributed by atoms with Crippen molar-refractivity contribution in [2.45, 2.75) is 0 Å². The first-order valence-corrected chi connectivity index (χ1v) is 6.97. The molecular weight excluding hydrogens is 250 g/mol. The van der Waals surface area contributed by atoms with Crippen molar-refractivity contribution in [3.05, 3.63) is 66.9 Å². The summed E-state index contributed by atoms with van der Waals surface area (Å²) in [6, 6.07) is 21.9. The van der Waals surface area contributed by atoms with Crippen LogP contribution in [0.4, 0.5) is 0 Å². The van der Waals surface area contributed by atoms with Gasteiger partial charge in [0.1, 0.15) is 0 Å². The maximum absolute atomic E-state index is 4.42. The van der Waals surface area contributed by atoms with E-state index in [1.54, 1.807) is 0 Å². The van der Waals surface area contributed by atoms with Gasteiger partial charge in [-0.15, -0.1) is 11.3 Å². The summed E-state index contributed by atoms with van der Waals surface area (Å²) < 4.78 is 2.60. The molecule has 2 heteroatoms. The minimum absolute atomic E-state index is 1.02. The minimum Gasteiger partial charge on any atom is -0.256 e. The summed E-state index contributed by atoms with van der Waals surface area (Å²) in [7, 11) is 0. The molecule has 2 heterocycles. The smallest absolute Gasteiger partial charge is 0.0702 e. The average Bonchev–Trinajstić information content (AvgIpc) is 2.86. The van der Waals surface area contributed by atoms with E-state index in [-0.39, 0.29) is 0 Å². The van der Waals surface area contributed by atoms with Crippen LogP contribution in [0.2, 0.25) is 0 Å². The molecule has 0 saturated carbocycles. The molecule has 0 aliphatic heterocycles. The van der Waals surface area contributed by atoms with Gasteiger partial charge in [0, 0.05) is 31.9 Å². The Kier molecular flexibility index (Phi) is 2.35. The molecule has 0 saturated heterocycles. The molecule has 1 radical (unpaired) electrons. The molecule has 0 bridgehead atoms. The maximum Gasteiger partial charge on any atom is 0.0702 e. The molecule has 4 rings (SSSR count). The van der Waals surface area contributed by atoms with Crippen molar-refractivity contribution >= 4 is 31.5 Å². The molecule has 2 aromatic heterocycles. The van der Waals surface area contributed by atoms with Crippen LogP contribution >= 0.6 is 11.3 Å². The van der Waals surface area contributed by atoms with E-state index in [0.29, 0.717) is 0 Å². The van der Waals surface area contributed by atoms with Crippen molar-refractivity contribution in [2.24, 2.45) is 0 Å². The van der Waals surface area contributed by atoms with Gasteiger partial charge in [0.2, 0.25) is 0 Å². The van der Waals surface area contributed by atoms with Crippen LogP contribution in [-0.2, 0) is 0 Å². The number of hydrogen-bond donors (Lipinski definition) is 0. The quantitative estimate of drug-likeness (QED) is 0.473. The molecule has 0 aliphatic carbocycles. The molecule has 0 unspecified atom stereocenters. The van der Waals surface area contributed by atoms with Crippen molar-refractivity contribution < 1.29 is 0 Å². The van der Waals surface area contributed by atoms with Crippen molar-refractivity contribution in [3.8, 4) is 11.3 Å². The molecule has 0 fully saturated rings. The zero-order valence-electron chi connectivity index (χ0n) is 10.1. The second kappa shape index (κ2) is 4.18. The van der Waals surface area contributed by atoms with Crippen LogP contribution < -0.4 is 0 Å². The molecular formula is C17H10NS. The summed E-state index contributed by atoms with van der Waals surface area (Å²) in [5.74, 6) is 0. The first-order valence-electron chi connectivity index (χ1n) is 6.15. The van der Waals surface area contributed by atoms with E-state index in [0.717, 1.165) is 5.69 Å². The zero-order chi connectivity index (χ0) is 12.7. The van der Waals surface area contributed by atoms with Gasteiger partial charge < -0.3 is 0 Å². The van der Waals surface area contributed by atoms with Crippen molar-refractivity contribution in [1.29, 1.82) is 0 Å². The lowest BCUT2D eigenvalue weighted by Crippen LogP contribution is -1.80. The fraction of sp³-hybridized carbons (Fsp3) is 0. The number of hydrogen-bond acceptors (Lipinski definition) is 2. The normalized spacial score (nSPS) is 11.2. The molecule has 0 amide bonds. The molecule has 0 N–H and O–H groups in total. The van der Waals surface area contributed by atoms with Gasteiger partial charge in [-0.05, 0) is 36.4 Å². The molecule has 4 aromatic rings. The van der Waals surface area contributed by atoms with Crippen LogP contribution in [0.3, 0.4) is 0 Å². The Labute approximate surface area is 115 Å². The van der Waals surface area contributed by atoms with Crippen LogP contribution in [-0.4, -0.2) is 4.98 Å². The van der Waals surface area contributed by atoms with Gasteiger partial charge in [-0.2, -0.15) is 0 Å². The highest BCUT2D eigenvalue weighted by Gasteiger charge is 2.06. The lowest BCUT2D eigenvalue weighted by atomic mass is 10.1. The third-order valence-electron chi connectivity index (χ3n) is 3.28. The second-order valence-corrected chi connectivity index (χ2v) is 5.53. The first-order chi connectivity index (χ1) is 9.42. The SMILES string of the molecule is [c]1ccc2c(c1)sc1ccc(-c3ccccn3)cc12. The van der Waals surface area contributed by atoms with Crippen LogP contribution in [0, 0.1) is 6.07 Å². The Morgan fingerprint density at radius 2 is 1.95 bits per heavy atom. The van der Waals surface area contributed by atoms with Gasteiger partial charge in [0.25, 0.3) is 0 Å². The number of pyridine rings is 1. The standard InChI is InChI=1S/C17H10NS/c1-2-7-16-13(5-1)14-11-12(8-9-17(14)19-16)15-6-3-4-10-18-15/h1,3-11H. The van der Waals surface area contributed by atoms with E-state index < -0.39 is 0 Å². The lowest BCUT2D eigenvalue weighted by molar-refractivity contribution is 1.33. The fourth-order valence-electron chi connectivity index (χ4n) is 2.36. The Bertz CT molecular complexity index is 862. The molecule has 1 nitrogen and oxygen atoms in total. The van der Waals surface area contributed by atoms with E-state index in [1.165, 1.54) is 25.7 Å². The van der Waals surface area contributed by atoms with Gasteiger partial charge in [-0.1, -0.05) is 24.3 Å². The highest BCUT2D eigenvalue weighted by Crippen LogP contribution is 2.35. The number of fused-ring (bicyclic) bond motifs is 3. The third-order valence-corrected chi connectivity index (χ3v) is 4.41. The van der Waals surface area contributed by atoms with Gasteiger partial charge >= 0.3 is 0 Å². The Morgan fingerprint density at radius 3 is 2.84 bits per heavy atom. The van der Waals surface area contributed by atoms with Crippen molar-refractivity contribution in [3.63, 3.8) is 0 Å². The van der Waals surface area contributed by atoms with Crippen molar-refractivity contribution in [1.82, 2.24) is 4.98 Å². The van der Waals surface area contributed by atoms with Crippen LogP contribution in [0.1, 0.15) is 0 Å². The Morgan fingerprint density at radius 1 is 0.947 bits per heavy atom. The predicted octanol–water partition coefficient (Wildman–Crippen LogP) is 4.92. The van der Waals surface area contributed by atoms with E-state index >= 15 is 0 Å². The zero-order valence-corrected chi connectivity index (χ0v) is 10.9. The predicted molar refractivity (Wildman–Crippen MR) is 81.4 cm³/mol. The highest BCUT2D eigenvalue weighted by molar-refractivity contribution is 7.25. The minimum atomic E-state index is 1.02. The van der Waals surface area contributed by atoms with Gasteiger partial charge in [0.05, 0.1) is 5.69 Å². The molecule has 2 aromatic carbocycles. The van der Waals surface area contributed by atoms with E-state index in [2.05, 4.69) is 41.4 Å². The van der Waals surface area contributed by atoms with Crippen LogP contribution in [0.25, 0.3) is 31.4 Å². The summed E-state index contributed by atoms with van der Waals surface area (Å²) >= 11 is 1.81. The molecule has 19 heavy (non-hydrogen) atoms. The van der Waals surface area contributed by atoms with Crippen LogP contribution in [0.15, 0.2) is 60.8 Å². The monoisotopic (exact) mass is 260 g/mol. The van der Waals surface area contributed by atoms with Crippen molar-refractivity contribution in [2.75, 3.05) is 0 Å². The first kappa shape index (κ1) is 10.7. The summed E-state index contributed by atoms with van der Waals surface area (Å²) in [5.41, 5.74) is 2.19. The highest BCUT2D eigenvalue weighted by atomic mass is 32.1. The van der Waals surface area contributed by atoms with Crippen LogP contribution in [0.5, 0.6) is 0 Å². The second-order valence-electron chi connectivity index (χ2n) is 4.45. The summed E-state index contributed by atoms with van der Waals surface area (Å²) in [6.07, 6.45) is 1.83. The summed E-state index contributed by atoms with van der Waals surface area (Å²) in [5, 5.41) is 2.61. The molecule has 0 spiro atoms. The number of benzene rings is 2. The molecule has 0 atom stereocenters. The third kappa shape index (κ3) is 1.72. The largest absolute Gasteiger partial charge is 0.256 e. The number of nitrogens with zero attached hydrogens (tertiary/aromatic N) is 1. The Balaban J connectivity index is 2.03. The van der Waals surface area contributed by atoms with E-state index in [4.69, 9.17) is 0 Å². The van der Waals surface area contributed by atoms with Gasteiger partial charge in [0.15, 0.2) is 0 Å². The number of aromatic nitrogens is 1. The van der Waals surface area contributed by atoms with E-state index in [1.807, 2.05) is 41.8 Å². The number of thiophene rings is 1. The summed E-state index contributed by atoms with van der Waals surface area (Å²) in [4.78, 5) is 4.42. The van der Waals surface area contributed by atoms with E-state index in [9.17, 15) is 0 Å². The molecule has 0 aliphatic rings. The topological polar surface area (TPSA) is 12.9 Å². The number of rotatable bonds is 1. The maximum atomic E-state index is 4.42. The summed E-state index contributed by atoms with van der Waals surface area (Å²) in [6.45, 7) is 0. The Hall–Kier alpha value is -2.19. The van der Waals surface area contributed by atoms with Gasteiger partial charge in [-0.25, -0.2) is 0 Å². The lowest BCUT2D eigenvalue weighted by Gasteiger charge is -2.00. The fourth-order valence-corrected chi connectivity index (χ4v) is 3.43.